The Morgan fingerprint density at radius 2 is 1.96 bits per heavy atom. The molecular weight excluding hydrogens is 346 g/mol. The number of hydroxylamine groups is 1. The van der Waals surface area contributed by atoms with Crippen molar-refractivity contribution < 1.29 is 23.5 Å². The Bertz CT molecular complexity index is 958. The van der Waals surface area contributed by atoms with Gasteiger partial charge in [0.1, 0.15) is 17.3 Å². The van der Waals surface area contributed by atoms with Gasteiger partial charge in [0, 0.05) is 17.6 Å². The minimum absolute atomic E-state index is 0.0862. The molecule has 0 aliphatic carbocycles. The van der Waals surface area contributed by atoms with E-state index in [0.29, 0.717) is 22.6 Å². The van der Waals surface area contributed by atoms with Crippen LogP contribution in [0.4, 0.5) is 20.2 Å². The fourth-order valence-corrected chi connectivity index (χ4v) is 2.44. The number of benzene rings is 1. The monoisotopic (exact) mass is 360 g/mol. The van der Waals surface area contributed by atoms with E-state index in [1.807, 2.05) is 0 Å². The van der Waals surface area contributed by atoms with E-state index in [1.54, 1.807) is 18.2 Å². The number of ether oxygens (including phenoxy) is 1. The summed E-state index contributed by atoms with van der Waals surface area (Å²) >= 11 is 0. The summed E-state index contributed by atoms with van der Waals surface area (Å²) in [4.78, 5) is 19.4. The van der Waals surface area contributed by atoms with Gasteiger partial charge in [0.05, 0.1) is 19.2 Å². The molecule has 0 radical (unpaired) electrons. The van der Waals surface area contributed by atoms with Crippen LogP contribution in [0.1, 0.15) is 5.56 Å². The van der Waals surface area contributed by atoms with Crippen molar-refractivity contribution in [2.45, 2.75) is 6.42 Å². The molecule has 7 nitrogen and oxygen atoms in total. The van der Waals surface area contributed by atoms with E-state index in [4.69, 9.17) is 9.94 Å². The number of carbonyl (C=O) groups is 1. The van der Waals surface area contributed by atoms with Crippen molar-refractivity contribution >= 4 is 28.3 Å². The molecule has 26 heavy (non-hydrogen) atoms. The van der Waals surface area contributed by atoms with Gasteiger partial charge >= 0.3 is 0 Å². The zero-order valence-electron chi connectivity index (χ0n) is 13.6. The largest absolute Gasteiger partial charge is 0.481 e. The number of nitrogens with one attached hydrogen (secondary N) is 2. The lowest BCUT2D eigenvalue weighted by Crippen LogP contribution is -2.20. The van der Waals surface area contributed by atoms with Gasteiger partial charge in [-0.2, -0.15) is 4.98 Å². The molecule has 134 valence electrons. The first-order chi connectivity index (χ1) is 12.5. The Morgan fingerprint density at radius 3 is 2.62 bits per heavy atom. The van der Waals surface area contributed by atoms with Crippen molar-refractivity contribution in [3.63, 3.8) is 0 Å². The lowest BCUT2D eigenvalue weighted by molar-refractivity contribution is -0.128. The number of rotatable bonds is 5. The van der Waals surface area contributed by atoms with Gasteiger partial charge in [-0.05, 0) is 29.8 Å². The third-order valence-electron chi connectivity index (χ3n) is 3.64. The van der Waals surface area contributed by atoms with E-state index in [0.717, 1.165) is 12.1 Å². The fraction of sp³-hybridized carbons (Fsp3) is 0.118. The number of hydrogen-bond donors (Lipinski definition) is 3. The van der Waals surface area contributed by atoms with Gasteiger partial charge in [0.25, 0.3) is 0 Å². The molecule has 0 fully saturated rings. The number of methoxy groups -OCH3 is 1. The Kier molecular flexibility index (Phi) is 4.90. The smallest absolute Gasteiger partial charge is 0.247 e. The van der Waals surface area contributed by atoms with Gasteiger partial charge in [-0.3, -0.25) is 10.0 Å². The van der Waals surface area contributed by atoms with Crippen LogP contribution in [0.25, 0.3) is 11.0 Å². The number of nitrogens with zero attached hydrogens (tertiary/aromatic N) is 2. The van der Waals surface area contributed by atoms with Crippen molar-refractivity contribution in [2.75, 3.05) is 12.4 Å². The van der Waals surface area contributed by atoms with Crippen molar-refractivity contribution in [1.82, 2.24) is 15.4 Å². The zero-order valence-corrected chi connectivity index (χ0v) is 13.6. The lowest BCUT2D eigenvalue weighted by atomic mass is 10.1. The van der Waals surface area contributed by atoms with E-state index in [2.05, 4.69) is 15.3 Å². The highest BCUT2D eigenvalue weighted by Crippen LogP contribution is 2.29. The van der Waals surface area contributed by atoms with Crippen LogP contribution in [0, 0.1) is 11.6 Å². The standard InChI is InChI=1S/C17H14F2N4O3/c1-26-15-3-2-10-13(4-5-20-17(10)22-15)21-16-11(18)6-9(7-12(16)19)8-14(24)23-25/h2-7,25H,8H2,1H3,(H,23,24)(H,20,21,22). The van der Waals surface area contributed by atoms with E-state index in [-0.39, 0.29) is 17.7 Å². The first-order valence-corrected chi connectivity index (χ1v) is 7.49. The second-order valence-electron chi connectivity index (χ2n) is 5.35. The van der Waals surface area contributed by atoms with Crippen LogP contribution < -0.4 is 15.5 Å². The average molecular weight is 360 g/mol. The third-order valence-corrected chi connectivity index (χ3v) is 3.64. The van der Waals surface area contributed by atoms with E-state index < -0.39 is 17.5 Å². The normalized spacial score (nSPS) is 10.6. The fourth-order valence-electron chi connectivity index (χ4n) is 2.44. The Morgan fingerprint density at radius 1 is 1.23 bits per heavy atom. The van der Waals surface area contributed by atoms with Crippen LogP contribution in [0.2, 0.25) is 0 Å². The zero-order chi connectivity index (χ0) is 18.7. The minimum atomic E-state index is -0.878. The molecule has 1 amide bonds. The number of amides is 1. The predicted octanol–water partition coefficient (Wildman–Crippen LogP) is 2.71. The molecule has 0 spiro atoms. The van der Waals surface area contributed by atoms with Gasteiger partial charge in [-0.25, -0.2) is 19.2 Å². The predicted molar refractivity (Wildman–Crippen MR) is 89.4 cm³/mol. The maximum atomic E-state index is 14.3. The van der Waals surface area contributed by atoms with Crippen molar-refractivity contribution in [2.24, 2.45) is 0 Å². The van der Waals surface area contributed by atoms with Crippen molar-refractivity contribution in [3.8, 4) is 5.88 Å². The Hall–Kier alpha value is -3.33. The molecule has 0 unspecified atom stereocenters. The second-order valence-corrected chi connectivity index (χ2v) is 5.35. The molecule has 2 aromatic heterocycles. The molecule has 0 saturated carbocycles. The minimum Gasteiger partial charge on any atom is -0.481 e. The molecule has 3 aromatic rings. The average Bonchev–Trinajstić information content (AvgIpc) is 2.64. The summed E-state index contributed by atoms with van der Waals surface area (Å²) < 4.78 is 33.7. The van der Waals surface area contributed by atoms with Crippen LogP contribution >= 0.6 is 0 Å². The summed E-state index contributed by atoms with van der Waals surface area (Å²) in [7, 11) is 1.47. The van der Waals surface area contributed by atoms with E-state index in [9.17, 15) is 13.6 Å². The summed E-state index contributed by atoms with van der Waals surface area (Å²) in [5.41, 5.74) is 1.88. The maximum absolute atomic E-state index is 14.3. The highest BCUT2D eigenvalue weighted by Gasteiger charge is 2.15. The number of anilines is 2. The van der Waals surface area contributed by atoms with E-state index in [1.165, 1.54) is 18.8 Å². The van der Waals surface area contributed by atoms with Gasteiger partial charge in [-0.1, -0.05) is 0 Å². The first kappa shape index (κ1) is 17.5. The molecule has 0 aliphatic heterocycles. The summed E-state index contributed by atoms with van der Waals surface area (Å²) in [6.07, 6.45) is 1.10. The quantitative estimate of drug-likeness (QED) is 0.478. The molecule has 0 atom stereocenters. The number of pyridine rings is 2. The molecule has 9 heteroatoms. The molecule has 0 aliphatic rings. The summed E-state index contributed by atoms with van der Waals surface area (Å²) in [5, 5.41) is 11.7. The Labute approximate surface area is 146 Å². The molecule has 0 bridgehead atoms. The third kappa shape index (κ3) is 3.52. The molecule has 2 heterocycles. The maximum Gasteiger partial charge on any atom is 0.247 e. The number of hydrogen-bond acceptors (Lipinski definition) is 6. The first-order valence-electron chi connectivity index (χ1n) is 7.49. The molecule has 3 N–H and O–H groups in total. The molecular formula is C17H14F2N4O3. The summed E-state index contributed by atoms with van der Waals surface area (Å²) in [6.45, 7) is 0. The second kappa shape index (κ2) is 7.28. The number of carbonyl (C=O) groups excluding carboxylic acids is 1. The van der Waals surface area contributed by atoms with E-state index >= 15 is 0 Å². The SMILES string of the molecule is COc1ccc2c(Nc3c(F)cc(CC(=O)NO)cc3F)ccnc2n1. The van der Waals surface area contributed by atoms with Gasteiger partial charge in [0.15, 0.2) is 5.65 Å². The topological polar surface area (TPSA) is 96.4 Å². The van der Waals surface area contributed by atoms with Crippen LogP contribution in [0.3, 0.4) is 0 Å². The van der Waals surface area contributed by atoms with Crippen molar-refractivity contribution in [1.29, 1.82) is 0 Å². The van der Waals surface area contributed by atoms with Crippen LogP contribution in [-0.4, -0.2) is 28.2 Å². The number of fused-ring (bicyclic) bond motifs is 1. The lowest BCUT2D eigenvalue weighted by Gasteiger charge is -2.12. The number of aromatic nitrogens is 2. The molecule has 3 rings (SSSR count). The number of halogens is 2. The van der Waals surface area contributed by atoms with Gasteiger partial charge < -0.3 is 10.1 Å². The van der Waals surface area contributed by atoms with Crippen LogP contribution in [0.5, 0.6) is 5.88 Å². The van der Waals surface area contributed by atoms with Crippen LogP contribution in [0.15, 0.2) is 36.5 Å². The molecule has 0 saturated heterocycles. The summed E-state index contributed by atoms with van der Waals surface area (Å²) in [6, 6.07) is 6.88. The Balaban J connectivity index is 1.96. The van der Waals surface area contributed by atoms with Gasteiger partial charge in [-0.15, -0.1) is 0 Å². The highest BCUT2D eigenvalue weighted by molar-refractivity contribution is 5.91. The van der Waals surface area contributed by atoms with Gasteiger partial charge in [0.2, 0.25) is 11.8 Å². The summed E-state index contributed by atoms with van der Waals surface area (Å²) in [5.74, 6) is -2.16. The van der Waals surface area contributed by atoms with Crippen molar-refractivity contribution in [3.05, 3.63) is 53.7 Å². The van der Waals surface area contributed by atoms with Crippen LogP contribution in [-0.2, 0) is 11.2 Å². The highest BCUT2D eigenvalue weighted by atomic mass is 19.1. The molecule has 1 aromatic carbocycles.